The number of hydrogen-bond donors (Lipinski definition) is 6. The predicted octanol–water partition coefficient (Wildman–Crippen LogP) is 1.69. The smallest absolute Gasteiger partial charge is 0.320 e. The molecule has 0 radical (unpaired) electrons. The quantitative estimate of drug-likeness (QED) is 0.230. The number of amides is 3. The maximum atomic E-state index is 13.4. The molecule has 1 aromatic heterocycles. The Balaban J connectivity index is 2.28. The second-order valence-corrected chi connectivity index (χ2v) is 9.81. The molecule has 0 aliphatic heterocycles. The summed E-state index contributed by atoms with van der Waals surface area (Å²) >= 11 is 0. The lowest BCUT2D eigenvalue weighted by Gasteiger charge is -2.28. The first-order valence-electron chi connectivity index (χ1n) is 12.4. The lowest BCUT2D eigenvalue weighted by atomic mass is 9.96. The molecule has 0 saturated heterocycles. The highest BCUT2D eigenvalue weighted by molar-refractivity contribution is 5.93. The molecule has 1 heterocycles. The molecule has 36 heavy (non-hydrogen) atoms. The number of aliphatic carboxylic acids is 1. The van der Waals surface area contributed by atoms with Crippen molar-refractivity contribution in [3.05, 3.63) is 36.0 Å². The number of rotatable bonds is 14. The number of nitrogens with two attached hydrogens (primary N) is 1. The topological polar surface area (TPSA) is 166 Å². The second-order valence-electron chi connectivity index (χ2n) is 9.81. The van der Waals surface area contributed by atoms with Crippen molar-refractivity contribution < 1.29 is 24.3 Å². The molecule has 7 N–H and O–H groups in total. The van der Waals surface area contributed by atoms with Crippen LogP contribution in [0.4, 0.5) is 0 Å². The van der Waals surface area contributed by atoms with Crippen molar-refractivity contribution in [1.82, 2.24) is 20.9 Å². The first-order chi connectivity index (χ1) is 16.9. The number of primary amides is 1. The van der Waals surface area contributed by atoms with Crippen LogP contribution in [0, 0.1) is 11.8 Å². The molecule has 0 aliphatic carbocycles. The number of H-pyrrole nitrogens is 1. The monoisotopic (exact) mass is 501 g/mol. The van der Waals surface area contributed by atoms with Crippen LogP contribution in [0.2, 0.25) is 0 Å². The Kier molecular flexibility index (Phi) is 10.5. The van der Waals surface area contributed by atoms with Gasteiger partial charge in [0.1, 0.15) is 18.1 Å². The molecule has 5 atom stereocenters. The fourth-order valence-electron chi connectivity index (χ4n) is 4.08. The van der Waals surface area contributed by atoms with Crippen molar-refractivity contribution in [2.45, 2.75) is 78.0 Å². The molecule has 2 aromatic rings. The number of para-hydroxylation sites is 1. The summed E-state index contributed by atoms with van der Waals surface area (Å²) in [7, 11) is 0. The Morgan fingerprint density at radius 2 is 1.64 bits per heavy atom. The molecule has 10 heteroatoms. The lowest BCUT2D eigenvalue weighted by Crippen LogP contribution is -2.58. The third kappa shape index (κ3) is 7.81. The van der Waals surface area contributed by atoms with Crippen molar-refractivity contribution in [3.8, 4) is 0 Å². The van der Waals surface area contributed by atoms with Crippen LogP contribution in [-0.4, -0.2) is 57.9 Å². The van der Waals surface area contributed by atoms with Gasteiger partial charge in [0.15, 0.2) is 0 Å². The predicted molar refractivity (Wildman–Crippen MR) is 138 cm³/mol. The van der Waals surface area contributed by atoms with E-state index >= 15 is 0 Å². The van der Waals surface area contributed by atoms with Gasteiger partial charge in [0, 0.05) is 17.1 Å². The number of aromatic nitrogens is 1. The summed E-state index contributed by atoms with van der Waals surface area (Å²) in [6, 6.07) is 3.92. The van der Waals surface area contributed by atoms with E-state index in [4.69, 9.17) is 5.73 Å². The largest absolute Gasteiger partial charge is 0.480 e. The molecule has 3 amide bonds. The molecule has 2 rings (SSSR count). The fraction of sp³-hybridized carbons (Fsp3) is 0.538. The van der Waals surface area contributed by atoms with Gasteiger partial charge in [0.2, 0.25) is 17.7 Å². The van der Waals surface area contributed by atoms with Crippen LogP contribution < -0.4 is 21.7 Å². The highest BCUT2D eigenvalue weighted by Gasteiger charge is 2.32. The van der Waals surface area contributed by atoms with E-state index in [2.05, 4.69) is 20.9 Å². The van der Waals surface area contributed by atoms with Gasteiger partial charge in [-0.25, -0.2) is 0 Å². The average molecular weight is 502 g/mol. The Morgan fingerprint density at radius 1 is 1.00 bits per heavy atom. The van der Waals surface area contributed by atoms with Crippen molar-refractivity contribution in [1.29, 1.82) is 0 Å². The van der Waals surface area contributed by atoms with Gasteiger partial charge in [-0.05, 0) is 43.2 Å². The maximum Gasteiger partial charge on any atom is 0.320 e. The third-order valence-corrected chi connectivity index (χ3v) is 6.39. The number of carboxylic acid groups (broad SMARTS) is 1. The zero-order valence-electron chi connectivity index (χ0n) is 21.6. The van der Waals surface area contributed by atoms with Gasteiger partial charge >= 0.3 is 5.97 Å². The van der Waals surface area contributed by atoms with E-state index in [-0.39, 0.29) is 18.3 Å². The van der Waals surface area contributed by atoms with Gasteiger partial charge < -0.3 is 26.5 Å². The van der Waals surface area contributed by atoms with E-state index in [1.54, 1.807) is 6.20 Å². The van der Waals surface area contributed by atoms with Gasteiger partial charge in [-0.15, -0.1) is 0 Å². The molecule has 198 valence electrons. The molecule has 0 bridgehead atoms. The van der Waals surface area contributed by atoms with Gasteiger partial charge in [0.05, 0.1) is 6.04 Å². The molecule has 1 aromatic carbocycles. The van der Waals surface area contributed by atoms with Gasteiger partial charge in [0.25, 0.3) is 0 Å². The Bertz CT molecular complexity index is 1070. The van der Waals surface area contributed by atoms with Crippen molar-refractivity contribution in [2.24, 2.45) is 17.6 Å². The highest BCUT2D eigenvalue weighted by atomic mass is 16.4. The Hall–Kier alpha value is -3.40. The van der Waals surface area contributed by atoms with E-state index in [1.807, 2.05) is 52.0 Å². The molecule has 0 spiro atoms. The van der Waals surface area contributed by atoms with Crippen molar-refractivity contribution in [3.63, 3.8) is 0 Å². The van der Waals surface area contributed by atoms with Crippen LogP contribution >= 0.6 is 0 Å². The molecular weight excluding hydrogens is 462 g/mol. The minimum Gasteiger partial charge on any atom is -0.480 e. The third-order valence-electron chi connectivity index (χ3n) is 6.39. The van der Waals surface area contributed by atoms with Crippen molar-refractivity contribution in [2.75, 3.05) is 0 Å². The first kappa shape index (κ1) is 28.8. The summed E-state index contributed by atoms with van der Waals surface area (Å²) in [6.07, 6.45) is 2.97. The Labute approximate surface area is 211 Å². The minimum atomic E-state index is -1.10. The Morgan fingerprint density at radius 3 is 2.22 bits per heavy atom. The van der Waals surface area contributed by atoms with Gasteiger partial charge in [-0.1, -0.05) is 52.3 Å². The standard InChI is InChI=1S/C26H39N5O5/c1-6-15(4)22(23(27)32)31-25(34)20(11-14(2)3)30-24(33)21(29-16(5)26(35)36)12-17-13-28-19-10-8-7-9-18(17)19/h7-10,13-16,20-22,28-29H,6,11-12H2,1-5H3,(H2,27,32)(H,30,33)(H,31,34)(H,35,36)/t15-,16?,20-,21-,22-/m0/s1. The van der Waals surface area contributed by atoms with Crippen LogP contribution in [0.3, 0.4) is 0 Å². The van der Waals surface area contributed by atoms with Gasteiger partial charge in [-0.2, -0.15) is 0 Å². The summed E-state index contributed by atoms with van der Waals surface area (Å²) in [6.45, 7) is 9.01. The molecular formula is C26H39N5O5. The number of nitrogens with one attached hydrogen (secondary N) is 4. The van der Waals surface area contributed by atoms with Crippen LogP contribution in [0.1, 0.15) is 53.0 Å². The summed E-state index contributed by atoms with van der Waals surface area (Å²) in [5.41, 5.74) is 7.25. The minimum absolute atomic E-state index is 0.0645. The van der Waals surface area contributed by atoms with E-state index in [1.165, 1.54) is 6.92 Å². The maximum absolute atomic E-state index is 13.4. The zero-order chi connectivity index (χ0) is 27.0. The number of benzene rings is 1. The average Bonchev–Trinajstić information content (AvgIpc) is 3.23. The summed E-state index contributed by atoms with van der Waals surface area (Å²) in [5, 5.41) is 18.7. The van der Waals surface area contributed by atoms with Crippen LogP contribution in [0.5, 0.6) is 0 Å². The molecule has 1 unspecified atom stereocenters. The highest BCUT2D eigenvalue weighted by Crippen LogP contribution is 2.20. The molecule has 0 saturated carbocycles. The van der Waals surface area contributed by atoms with Crippen molar-refractivity contribution >= 4 is 34.6 Å². The zero-order valence-corrected chi connectivity index (χ0v) is 21.6. The van der Waals surface area contributed by atoms with E-state index in [9.17, 15) is 24.3 Å². The van der Waals surface area contributed by atoms with E-state index < -0.39 is 47.9 Å². The molecule has 0 fully saturated rings. The van der Waals surface area contributed by atoms with Crippen LogP contribution in [0.15, 0.2) is 30.5 Å². The first-order valence-corrected chi connectivity index (χ1v) is 12.4. The SMILES string of the molecule is CC[C@H](C)[C@H](NC(=O)[C@H](CC(C)C)NC(=O)[C@H](Cc1c[nH]c2ccccc12)NC(C)C(=O)O)C(N)=O. The van der Waals surface area contributed by atoms with Gasteiger partial charge in [-0.3, -0.25) is 24.5 Å². The van der Waals surface area contributed by atoms with E-state index in [0.717, 1.165) is 16.5 Å². The van der Waals surface area contributed by atoms with E-state index in [0.29, 0.717) is 12.8 Å². The van der Waals surface area contributed by atoms with Crippen LogP contribution in [-0.2, 0) is 25.6 Å². The second kappa shape index (κ2) is 13.1. The summed E-state index contributed by atoms with van der Waals surface area (Å²) < 4.78 is 0. The number of fused-ring (bicyclic) bond motifs is 1. The number of carbonyl (C=O) groups is 4. The number of hydrogen-bond acceptors (Lipinski definition) is 5. The number of carbonyl (C=O) groups excluding carboxylic acids is 3. The molecule has 0 aliphatic rings. The normalized spacial score (nSPS) is 15.6. The molecule has 10 nitrogen and oxygen atoms in total. The number of aromatic amines is 1. The van der Waals surface area contributed by atoms with Crippen LogP contribution in [0.25, 0.3) is 10.9 Å². The summed E-state index contributed by atoms with van der Waals surface area (Å²) in [4.78, 5) is 53.2. The number of carboxylic acids is 1. The lowest BCUT2D eigenvalue weighted by molar-refractivity contribution is -0.139. The summed E-state index contributed by atoms with van der Waals surface area (Å²) in [5.74, 6) is -2.85. The fourth-order valence-corrected chi connectivity index (χ4v) is 4.08.